The average molecular weight is 370 g/mol. The molecule has 0 bridgehead atoms. The standard InChI is InChI=1S/C18H23FN8/c1-11-13(19)16(24-17(23-11)18(2,3)4)27-7-5-26(6-8-27)15-12-9-22-25-14(12)20-10-21-15/h9-10H,5-8H2,1-4H3,(H,20,21,22,25). The number of piperazine rings is 1. The summed E-state index contributed by atoms with van der Waals surface area (Å²) in [4.78, 5) is 21.6. The second kappa shape index (κ2) is 6.40. The number of H-pyrrole nitrogens is 1. The van der Waals surface area contributed by atoms with Crippen molar-refractivity contribution in [1.82, 2.24) is 30.1 Å². The Kier molecular flexibility index (Phi) is 4.16. The van der Waals surface area contributed by atoms with E-state index in [0.717, 1.165) is 16.9 Å². The van der Waals surface area contributed by atoms with Crippen LogP contribution in [0.15, 0.2) is 12.5 Å². The van der Waals surface area contributed by atoms with Crippen molar-refractivity contribution < 1.29 is 4.39 Å². The van der Waals surface area contributed by atoms with Crippen LogP contribution in [0.5, 0.6) is 0 Å². The molecule has 4 heterocycles. The Morgan fingerprint density at radius 2 is 1.67 bits per heavy atom. The van der Waals surface area contributed by atoms with Gasteiger partial charge in [-0.2, -0.15) is 5.10 Å². The van der Waals surface area contributed by atoms with E-state index in [-0.39, 0.29) is 11.2 Å². The van der Waals surface area contributed by atoms with Crippen molar-refractivity contribution in [3.63, 3.8) is 0 Å². The number of hydrogen-bond acceptors (Lipinski definition) is 7. The van der Waals surface area contributed by atoms with Crippen molar-refractivity contribution in [1.29, 1.82) is 0 Å². The molecule has 0 radical (unpaired) electrons. The first-order chi connectivity index (χ1) is 12.8. The van der Waals surface area contributed by atoms with Crippen LogP contribution in [-0.4, -0.2) is 56.3 Å². The maximum Gasteiger partial charge on any atom is 0.186 e. The number of aryl methyl sites for hydroxylation is 1. The second-order valence-electron chi connectivity index (χ2n) is 7.82. The SMILES string of the molecule is Cc1nc(C(C)(C)C)nc(N2CCN(c3ncnc4[nH]ncc34)CC2)c1F. The molecule has 3 aromatic rings. The van der Waals surface area contributed by atoms with Crippen LogP contribution in [0.2, 0.25) is 0 Å². The van der Waals surface area contributed by atoms with Gasteiger partial charge in [-0.3, -0.25) is 5.10 Å². The third-order valence-corrected chi connectivity index (χ3v) is 4.78. The molecule has 1 aliphatic rings. The van der Waals surface area contributed by atoms with Crippen molar-refractivity contribution in [2.75, 3.05) is 36.0 Å². The minimum Gasteiger partial charge on any atom is -0.352 e. The van der Waals surface area contributed by atoms with Gasteiger partial charge in [0.2, 0.25) is 0 Å². The molecule has 8 nitrogen and oxygen atoms in total. The van der Waals surface area contributed by atoms with Crippen LogP contribution < -0.4 is 9.80 Å². The quantitative estimate of drug-likeness (QED) is 0.740. The highest BCUT2D eigenvalue weighted by Crippen LogP contribution is 2.27. The highest BCUT2D eigenvalue weighted by Gasteiger charge is 2.27. The summed E-state index contributed by atoms with van der Waals surface area (Å²) >= 11 is 0. The van der Waals surface area contributed by atoms with Crippen LogP contribution in [-0.2, 0) is 5.41 Å². The fourth-order valence-corrected chi connectivity index (χ4v) is 3.22. The molecule has 1 saturated heterocycles. The lowest BCUT2D eigenvalue weighted by atomic mass is 9.95. The van der Waals surface area contributed by atoms with E-state index in [1.807, 2.05) is 25.7 Å². The number of anilines is 2. The third kappa shape index (κ3) is 3.17. The summed E-state index contributed by atoms with van der Waals surface area (Å²) in [6, 6.07) is 0. The first-order valence-corrected chi connectivity index (χ1v) is 9.03. The number of hydrogen-bond donors (Lipinski definition) is 1. The van der Waals surface area contributed by atoms with Crippen LogP contribution in [0.25, 0.3) is 11.0 Å². The van der Waals surface area contributed by atoms with Gasteiger partial charge in [0.1, 0.15) is 18.0 Å². The molecule has 142 valence electrons. The van der Waals surface area contributed by atoms with E-state index in [4.69, 9.17) is 0 Å². The maximum absolute atomic E-state index is 14.7. The molecular weight excluding hydrogens is 347 g/mol. The van der Waals surface area contributed by atoms with Crippen LogP contribution in [0.3, 0.4) is 0 Å². The van der Waals surface area contributed by atoms with E-state index in [1.165, 1.54) is 6.33 Å². The lowest BCUT2D eigenvalue weighted by Crippen LogP contribution is -2.47. The van der Waals surface area contributed by atoms with Gasteiger partial charge >= 0.3 is 0 Å². The molecule has 4 rings (SSSR count). The number of nitrogens with one attached hydrogen (secondary N) is 1. The molecule has 0 saturated carbocycles. The van der Waals surface area contributed by atoms with Crippen molar-refractivity contribution in [3.8, 4) is 0 Å². The molecule has 27 heavy (non-hydrogen) atoms. The lowest BCUT2D eigenvalue weighted by Gasteiger charge is -2.36. The van der Waals surface area contributed by atoms with Gasteiger partial charge in [-0.05, 0) is 6.92 Å². The lowest BCUT2D eigenvalue weighted by molar-refractivity contribution is 0.516. The zero-order chi connectivity index (χ0) is 19.2. The van der Waals surface area contributed by atoms with Crippen molar-refractivity contribution in [2.45, 2.75) is 33.1 Å². The molecule has 0 unspecified atom stereocenters. The van der Waals surface area contributed by atoms with Crippen molar-refractivity contribution in [2.24, 2.45) is 0 Å². The van der Waals surface area contributed by atoms with E-state index in [1.54, 1.807) is 13.1 Å². The molecule has 9 heteroatoms. The molecule has 0 amide bonds. The summed E-state index contributed by atoms with van der Waals surface area (Å²) in [5.74, 6) is 1.57. The molecule has 0 aliphatic carbocycles. The van der Waals surface area contributed by atoms with Gasteiger partial charge in [-0.25, -0.2) is 24.3 Å². The Morgan fingerprint density at radius 1 is 1.00 bits per heavy atom. The Morgan fingerprint density at radius 3 is 2.33 bits per heavy atom. The molecule has 0 atom stereocenters. The molecule has 3 aromatic heterocycles. The smallest absolute Gasteiger partial charge is 0.186 e. The third-order valence-electron chi connectivity index (χ3n) is 4.78. The topological polar surface area (TPSA) is 86.7 Å². The van der Waals surface area contributed by atoms with Crippen LogP contribution in [0.4, 0.5) is 16.0 Å². The van der Waals surface area contributed by atoms with Crippen LogP contribution in [0.1, 0.15) is 32.3 Å². The summed E-state index contributed by atoms with van der Waals surface area (Å²) in [5.41, 5.74) is 0.876. The summed E-state index contributed by atoms with van der Waals surface area (Å²) in [7, 11) is 0. The summed E-state index contributed by atoms with van der Waals surface area (Å²) in [6.07, 6.45) is 3.27. The first kappa shape index (κ1) is 17.6. The van der Waals surface area contributed by atoms with Gasteiger partial charge < -0.3 is 9.80 Å². The van der Waals surface area contributed by atoms with Gasteiger partial charge in [-0.15, -0.1) is 0 Å². The van der Waals surface area contributed by atoms with Crippen LogP contribution in [0, 0.1) is 12.7 Å². The number of halogens is 1. The van der Waals surface area contributed by atoms with E-state index in [2.05, 4.69) is 35.0 Å². The van der Waals surface area contributed by atoms with Crippen LogP contribution >= 0.6 is 0 Å². The fraction of sp³-hybridized carbons (Fsp3) is 0.500. The molecule has 0 spiro atoms. The zero-order valence-corrected chi connectivity index (χ0v) is 16.0. The maximum atomic E-state index is 14.7. The predicted molar refractivity (Wildman–Crippen MR) is 102 cm³/mol. The van der Waals surface area contributed by atoms with Gasteiger partial charge in [0.25, 0.3) is 0 Å². The number of rotatable bonds is 2. The Bertz CT molecular complexity index is 969. The highest BCUT2D eigenvalue weighted by molar-refractivity contribution is 5.86. The molecule has 1 aliphatic heterocycles. The number of fused-ring (bicyclic) bond motifs is 1. The minimum absolute atomic E-state index is 0.233. The minimum atomic E-state index is -0.337. The fourth-order valence-electron chi connectivity index (χ4n) is 3.22. The van der Waals surface area contributed by atoms with Crippen molar-refractivity contribution in [3.05, 3.63) is 29.9 Å². The second-order valence-corrected chi connectivity index (χ2v) is 7.82. The molecule has 1 N–H and O–H groups in total. The Labute approximate surface area is 156 Å². The number of nitrogens with zero attached hydrogens (tertiary/aromatic N) is 7. The monoisotopic (exact) mass is 370 g/mol. The number of aromatic nitrogens is 6. The largest absolute Gasteiger partial charge is 0.352 e. The Hall–Kier alpha value is -2.84. The first-order valence-electron chi connectivity index (χ1n) is 9.03. The van der Waals surface area contributed by atoms with E-state index in [9.17, 15) is 4.39 Å². The van der Waals surface area contributed by atoms with Gasteiger partial charge in [-0.1, -0.05) is 20.8 Å². The van der Waals surface area contributed by atoms with E-state index >= 15 is 0 Å². The van der Waals surface area contributed by atoms with Gasteiger partial charge in [0.05, 0.1) is 17.3 Å². The van der Waals surface area contributed by atoms with E-state index in [0.29, 0.717) is 43.5 Å². The molecule has 1 fully saturated rings. The average Bonchev–Trinajstić information content (AvgIpc) is 3.12. The van der Waals surface area contributed by atoms with Gasteiger partial charge in [0.15, 0.2) is 17.3 Å². The van der Waals surface area contributed by atoms with E-state index < -0.39 is 0 Å². The zero-order valence-electron chi connectivity index (χ0n) is 16.0. The predicted octanol–water partition coefficient (Wildman–Crippen LogP) is 2.21. The molecule has 0 aromatic carbocycles. The highest BCUT2D eigenvalue weighted by atomic mass is 19.1. The Balaban J connectivity index is 1.58. The number of aromatic amines is 1. The van der Waals surface area contributed by atoms with Gasteiger partial charge in [0, 0.05) is 31.6 Å². The molecular formula is C18H23FN8. The normalized spacial score (nSPS) is 15.6. The summed E-state index contributed by atoms with van der Waals surface area (Å²) in [5, 5.41) is 7.80. The summed E-state index contributed by atoms with van der Waals surface area (Å²) in [6.45, 7) is 10.5. The van der Waals surface area contributed by atoms with Crippen molar-refractivity contribution >= 4 is 22.7 Å². The summed E-state index contributed by atoms with van der Waals surface area (Å²) < 4.78 is 14.7.